The maximum atomic E-state index is 12.4. The van der Waals surface area contributed by atoms with Crippen LogP contribution in [0.5, 0.6) is 0 Å². The summed E-state index contributed by atoms with van der Waals surface area (Å²) in [6.45, 7) is 1.48. The van der Waals surface area contributed by atoms with Gasteiger partial charge in [0.1, 0.15) is 0 Å². The van der Waals surface area contributed by atoms with Crippen molar-refractivity contribution in [3.05, 3.63) is 64.8 Å². The molecule has 1 saturated carbocycles. The van der Waals surface area contributed by atoms with Gasteiger partial charge in [0, 0.05) is 36.5 Å². The molecule has 0 N–H and O–H groups in total. The molecule has 1 unspecified atom stereocenters. The third-order valence-electron chi connectivity index (χ3n) is 5.56. The second kappa shape index (κ2) is 7.14. The van der Waals surface area contributed by atoms with E-state index in [1.54, 1.807) is 29.2 Å². The maximum Gasteiger partial charge on any atom is 0.266 e. The lowest BCUT2D eigenvalue weighted by molar-refractivity contribution is 0.488. The third kappa shape index (κ3) is 3.40. The van der Waals surface area contributed by atoms with Crippen LogP contribution in [0.25, 0.3) is 11.3 Å². The van der Waals surface area contributed by atoms with Crippen molar-refractivity contribution in [1.82, 2.24) is 25.0 Å². The smallest absolute Gasteiger partial charge is 0.266 e. The van der Waals surface area contributed by atoms with Crippen LogP contribution in [0.1, 0.15) is 37.3 Å². The van der Waals surface area contributed by atoms with Crippen LogP contribution in [-0.2, 0) is 6.54 Å². The summed E-state index contributed by atoms with van der Waals surface area (Å²) in [4.78, 5) is 18.7. The number of aromatic nitrogens is 5. The van der Waals surface area contributed by atoms with Crippen LogP contribution in [0, 0.1) is 0 Å². The molecule has 0 radical (unpaired) electrons. The van der Waals surface area contributed by atoms with Gasteiger partial charge in [0.15, 0.2) is 5.82 Å². The number of hydrogen-bond donors (Lipinski definition) is 0. The van der Waals surface area contributed by atoms with Crippen LogP contribution in [-0.4, -0.2) is 37.5 Å². The van der Waals surface area contributed by atoms with Crippen molar-refractivity contribution < 1.29 is 0 Å². The molecular weight excluding hydrogens is 352 g/mol. The summed E-state index contributed by atoms with van der Waals surface area (Å²) in [6.07, 6.45) is 8.00. The number of hydrogen-bond acceptors (Lipinski definition) is 6. The van der Waals surface area contributed by atoms with Crippen molar-refractivity contribution in [2.24, 2.45) is 0 Å². The van der Waals surface area contributed by atoms with Gasteiger partial charge in [-0.05, 0) is 56.0 Å². The van der Waals surface area contributed by atoms with E-state index in [0.717, 1.165) is 42.2 Å². The van der Waals surface area contributed by atoms with Gasteiger partial charge >= 0.3 is 0 Å². The van der Waals surface area contributed by atoms with E-state index in [4.69, 9.17) is 0 Å². The normalized spacial score (nSPS) is 19.1. The lowest BCUT2D eigenvalue weighted by atomic mass is 10.2. The summed E-state index contributed by atoms with van der Waals surface area (Å²) < 4.78 is 1.57. The molecule has 0 aromatic carbocycles. The van der Waals surface area contributed by atoms with Crippen molar-refractivity contribution >= 4 is 5.82 Å². The topological polar surface area (TPSA) is 76.8 Å². The minimum absolute atomic E-state index is 0.0835. The molecule has 7 heteroatoms. The Morgan fingerprint density at radius 1 is 0.964 bits per heavy atom. The van der Waals surface area contributed by atoms with Crippen LogP contribution >= 0.6 is 0 Å². The summed E-state index contributed by atoms with van der Waals surface area (Å²) >= 11 is 0. The molecule has 1 saturated heterocycles. The summed E-state index contributed by atoms with van der Waals surface area (Å²) in [5, 5.41) is 13.5. The Morgan fingerprint density at radius 3 is 2.57 bits per heavy atom. The first-order valence-electron chi connectivity index (χ1n) is 9.87. The van der Waals surface area contributed by atoms with Gasteiger partial charge in [-0.2, -0.15) is 10.2 Å². The molecule has 28 heavy (non-hydrogen) atoms. The Hall–Kier alpha value is -3.09. The van der Waals surface area contributed by atoms with Gasteiger partial charge in [0.25, 0.3) is 5.56 Å². The molecule has 1 atom stereocenters. The van der Waals surface area contributed by atoms with Crippen LogP contribution in [0.15, 0.2) is 53.6 Å². The van der Waals surface area contributed by atoms with E-state index < -0.39 is 0 Å². The van der Waals surface area contributed by atoms with Crippen LogP contribution in [0.2, 0.25) is 0 Å². The molecule has 4 heterocycles. The van der Waals surface area contributed by atoms with Crippen molar-refractivity contribution in [1.29, 1.82) is 0 Å². The van der Waals surface area contributed by atoms with Crippen LogP contribution in [0.3, 0.4) is 0 Å². The second-order valence-corrected chi connectivity index (χ2v) is 7.55. The average Bonchev–Trinajstić information content (AvgIpc) is 3.49. The molecule has 142 valence electrons. The number of pyridine rings is 1. The zero-order chi connectivity index (χ0) is 18.9. The lowest BCUT2D eigenvalue weighted by Crippen LogP contribution is -2.37. The van der Waals surface area contributed by atoms with Crippen molar-refractivity contribution in [3.63, 3.8) is 0 Å². The van der Waals surface area contributed by atoms with E-state index in [9.17, 15) is 4.79 Å². The summed E-state index contributed by atoms with van der Waals surface area (Å²) in [5.41, 5.74) is 2.75. The minimum atomic E-state index is -0.0835. The Bertz CT molecular complexity index is 1010. The molecule has 0 bridgehead atoms. The van der Waals surface area contributed by atoms with Gasteiger partial charge < -0.3 is 4.90 Å². The molecule has 3 aromatic rings. The minimum Gasteiger partial charge on any atom is -0.350 e. The summed E-state index contributed by atoms with van der Waals surface area (Å²) in [7, 11) is 0. The lowest BCUT2D eigenvalue weighted by Gasteiger charge is -2.25. The van der Waals surface area contributed by atoms with E-state index in [-0.39, 0.29) is 11.6 Å². The maximum absolute atomic E-state index is 12.4. The molecule has 5 rings (SSSR count). The monoisotopic (exact) mass is 374 g/mol. The van der Waals surface area contributed by atoms with Crippen LogP contribution in [0.4, 0.5) is 5.82 Å². The standard InChI is InChI=1S/C21H22N6O/c28-21-8-6-19(16-9-11-22-12-10-16)25-27(21)14-17-2-1-13-26(17)20-7-5-18(23-24-20)15-3-4-15/h5-12,15,17H,1-4,13-14H2. The molecule has 0 amide bonds. The molecule has 2 fully saturated rings. The predicted molar refractivity (Wildman–Crippen MR) is 106 cm³/mol. The van der Waals surface area contributed by atoms with Crippen molar-refractivity contribution in [2.45, 2.75) is 44.2 Å². The number of nitrogens with zero attached hydrogens (tertiary/aromatic N) is 6. The van der Waals surface area contributed by atoms with E-state index in [1.807, 2.05) is 12.1 Å². The van der Waals surface area contributed by atoms with Gasteiger partial charge in [-0.3, -0.25) is 9.78 Å². The first-order valence-corrected chi connectivity index (χ1v) is 9.87. The van der Waals surface area contributed by atoms with E-state index in [2.05, 4.69) is 37.3 Å². The molecule has 3 aromatic heterocycles. The fraction of sp³-hybridized carbons (Fsp3) is 0.381. The summed E-state index contributed by atoms with van der Waals surface area (Å²) in [6, 6.07) is 11.5. The van der Waals surface area contributed by atoms with Crippen molar-refractivity contribution in [2.75, 3.05) is 11.4 Å². The quantitative estimate of drug-likeness (QED) is 0.683. The second-order valence-electron chi connectivity index (χ2n) is 7.55. The Kier molecular flexibility index (Phi) is 4.35. The van der Waals surface area contributed by atoms with E-state index in [0.29, 0.717) is 12.5 Å². The Balaban J connectivity index is 1.38. The predicted octanol–water partition coefficient (Wildman–Crippen LogP) is 2.64. The molecule has 2 aliphatic rings. The molecule has 7 nitrogen and oxygen atoms in total. The Morgan fingerprint density at radius 2 is 1.82 bits per heavy atom. The third-order valence-corrected chi connectivity index (χ3v) is 5.56. The molecule has 1 aliphatic heterocycles. The first-order chi connectivity index (χ1) is 13.8. The van der Waals surface area contributed by atoms with Gasteiger partial charge in [0.05, 0.1) is 24.0 Å². The molecule has 0 spiro atoms. The summed E-state index contributed by atoms with van der Waals surface area (Å²) in [5.74, 6) is 1.50. The van der Waals surface area contributed by atoms with Gasteiger partial charge in [-0.25, -0.2) is 4.68 Å². The van der Waals surface area contributed by atoms with E-state index in [1.165, 1.54) is 12.8 Å². The fourth-order valence-electron chi connectivity index (χ4n) is 3.87. The zero-order valence-electron chi connectivity index (χ0n) is 15.6. The SMILES string of the molecule is O=c1ccc(-c2ccncc2)nn1CC1CCCN1c1ccc(C2CC2)nn1. The highest BCUT2D eigenvalue weighted by atomic mass is 16.1. The van der Waals surface area contributed by atoms with Gasteiger partial charge in [0.2, 0.25) is 0 Å². The Labute approximate surface area is 163 Å². The van der Waals surface area contributed by atoms with Crippen molar-refractivity contribution in [3.8, 4) is 11.3 Å². The van der Waals surface area contributed by atoms with E-state index >= 15 is 0 Å². The highest BCUT2D eigenvalue weighted by Gasteiger charge is 2.29. The zero-order valence-corrected chi connectivity index (χ0v) is 15.6. The number of rotatable bonds is 5. The highest BCUT2D eigenvalue weighted by molar-refractivity contribution is 5.57. The largest absolute Gasteiger partial charge is 0.350 e. The average molecular weight is 374 g/mol. The van der Waals surface area contributed by atoms with Gasteiger partial charge in [-0.1, -0.05) is 0 Å². The van der Waals surface area contributed by atoms with Gasteiger partial charge in [-0.15, -0.1) is 5.10 Å². The number of anilines is 1. The molecular formula is C21H22N6O. The first kappa shape index (κ1) is 17.0. The highest BCUT2D eigenvalue weighted by Crippen LogP contribution is 2.39. The van der Waals surface area contributed by atoms with Crippen LogP contribution < -0.4 is 10.5 Å². The molecule has 1 aliphatic carbocycles. The fourth-order valence-corrected chi connectivity index (χ4v) is 3.87.